The SMILES string of the molecule is CC(c1cccs1)N(C)C(=O)C1CCN(S(=O)(=O)c2ccc(Cl)cc2)CC1. The van der Waals surface area contributed by atoms with Gasteiger partial charge < -0.3 is 4.90 Å². The number of piperidine rings is 1. The highest BCUT2D eigenvalue weighted by molar-refractivity contribution is 7.89. The number of thiophene rings is 1. The molecule has 1 fully saturated rings. The summed E-state index contributed by atoms with van der Waals surface area (Å²) in [5.74, 6) is -0.0616. The summed E-state index contributed by atoms with van der Waals surface area (Å²) in [4.78, 5) is 16.0. The van der Waals surface area contributed by atoms with E-state index in [4.69, 9.17) is 11.6 Å². The van der Waals surface area contributed by atoms with Gasteiger partial charge >= 0.3 is 0 Å². The first-order valence-corrected chi connectivity index (χ1v) is 11.6. The second kappa shape index (κ2) is 8.31. The molecule has 2 aromatic rings. The summed E-state index contributed by atoms with van der Waals surface area (Å²) in [7, 11) is -1.73. The number of hydrogen-bond acceptors (Lipinski definition) is 4. The lowest BCUT2D eigenvalue weighted by molar-refractivity contribution is -0.137. The minimum Gasteiger partial charge on any atom is -0.338 e. The molecule has 1 unspecified atom stereocenters. The fraction of sp³-hybridized carbons (Fsp3) is 0.421. The van der Waals surface area contributed by atoms with Crippen LogP contribution in [0.1, 0.15) is 30.7 Å². The molecule has 0 spiro atoms. The molecule has 0 saturated carbocycles. The van der Waals surface area contributed by atoms with Crippen molar-refractivity contribution in [2.45, 2.75) is 30.7 Å². The molecule has 0 aliphatic carbocycles. The summed E-state index contributed by atoms with van der Waals surface area (Å²) < 4.78 is 27.0. The summed E-state index contributed by atoms with van der Waals surface area (Å²) in [6, 6.07) is 10.2. The minimum atomic E-state index is -3.55. The van der Waals surface area contributed by atoms with Crippen LogP contribution in [0.2, 0.25) is 5.02 Å². The molecule has 1 aliphatic rings. The third-order valence-corrected chi connectivity index (χ3v) is 8.35. The Morgan fingerprint density at radius 2 is 1.85 bits per heavy atom. The number of hydrogen-bond donors (Lipinski definition) is 0. The van der Waals surface area contributed by atoms with Gasteiger partial charge in [-0.3, -0.25) is 4.79 Å². The molecule has 146 valence electrons. The van der Waals surface area contributed by atoms with E-state index < -0.39 is 10.0 Å². The monoisotopic (exact) mass is 426 g/mol. The zero-order chi connectivity index (χ0) is 19.6. The van der Waals surface area contributed by atoms with Crippen LogP contribution in [0.25, 0.3) is 0 Å². The standard InChI is InChI=1S/C19H23ClN2O3S2/c1-14(18-4-3-13-26-18)21(2)19(23)15-9-11-22(12-10-15)27(24,25)17-7-5-16(20)6-8-17/h3-8,13-15H,9-12H2,1-2H3. The third-order valence-electron chi connectivity index (χ3n) is 5.14. The topological polar surface area (TPSA) is 57.7 Å². The molecule has 0 N–H and O–H groups in total. The number of rotatable bonds is 5. The second-order valence-corrected chi connectivity index (χ2v) is 10.1. The average Bonchev–Trinajstić information content (AvgIpc) is 3.21. The van der Waals surface area contributed by atoms with Crippen LogP contribution in [0.3, 0.4) is 0 Å². The number of carbonyl (C=O) groups excluding carboxylic acids is 1. The maximum absolute atomic E-state index is 12.8. The van der Waals surface area contributed by atoms with Gasteiger partial charge in [-0.2, -0.15) is 4.31 Å². The molecule has 1 aliphatic heterocycles. The predicted molar refractivity (Wildman–Crippen MR) is 108 cm³/mol. The molecule has 2 heterocycles. The maximum atomic E-state index is 12.8. The molecule has 1 aromatic carbocycles. The lowest BCUT2D eigenvalue weighted by atomic mass is 9.96. The number of nitrogens with zero attached hydrogens (tertiary/aromatic N) is 2. The molecule has 0 radical (unpaired) electrons. The van der Waals surface area contributed by atoms with Crippen LogP contribution in [0.5, 0.6) is 0 Å². The van der Waals surface area contributed by atoms with Gasteiger partial charge in [-0.25, -0.2) is 8.42 Å². The first kappa shape index (κ1) is 20.3. The van der Waals surface area contributed by atoms with Crippen molar-refractivity contribution in [1.82, 2.24) is 9.21 Å². The van der Waals surface area contributed by atoms with E-state index >= 15 is 0 Å². The van der Waals surface area contributed by atoms with Crippen molar-refractivity contribution in [3.05, 3.63) is 51.7 Å². The fourth-order valence-electron chi connectivity index (χ4n) is 3.30. The van der Waals surface area contributed by atoms with Gasteiger partial charge in [0, 0.05) is 36.0 Å². The number of benzene rings is 1. The Morgan fingerprint density at radius 3 is 2.41 bits per heavy atom. The highest BCUT2D eigenvalue weighted by Crippen LogP contribution is 2.29. The van der Waals surface area contributed by atoms with Crippen molar-refractivity contribution < 1.29 is 13.2 Å². The zero-order valence-corrected chi connectivity index (χ0v) is 17.7. The van der Waals surface area contributed by atoms with Gasteiger partial charge in [0.25, 0.3) is 0 Å². The van der Waals surface area contributed by atoms with E-state index in [1.54, 1.807) is 28.4 Å². The number of halogens is 1. The average molecular weight is 427 g/mol. The van der Waals surface area contributed by atoms with Crippen LogP contribution in [-0.2, 0) is 14.8 Å². The number of sulfonamides is 1. The molecule has 1 aromatic heterocycles. The van der Waals surface area contributed by atoms with Gasteiger partial charge in [0.15, 0.2) is 0 Å². The smallest absolute Gasteiger partial charge is 0.243 e. The van der Waals surface area contributed by atoms with Gasteiger partial charge in [-0.15, -0.1) is 11.3 Å². The van der Waals surface area contributed by atoms with E-state index in [1.807, 2.05) is 31.5 Å². The van der Waals surface area contributed by atoms with Crippen molar-refractivity contribution in [3.8, 4) is 0 Å². The molecule has 3 rings (SSSR count). The maximum Gasteiger partial charge on any atom is 0.243 e. The van der Waals surface area contributed by atoms with Gasteiger partial charge in [0.1, 0.15) is 0 Å². The molecule has 0 bridgehead atoms. The van der Waals surface area contributed by atoms with Gasteiger partial charge in [-0.1, -0.05) is 17.7 Å². The largest absolute Gasteiger partial charge is 0.338 e. The quantitative estimate of drug-likeness (QED) is 0.725. The Kier molecular flexibility index (Phi) is 6.25. The summed E-state index contributed by atoms with van der Waals surface area (Å²) in [6.07, 6.45) is 1.07. The highest BCUT2D eigenvalue weighted by Gasteiger charge is 2.34. The molecule has 8 heteroatoms. The summed E-state index contributed by atoms with van der Waals surface area (Å²) in [5.41, 5.74) is 0. The fourth-order valence-corrected chi connectivity index (χ4v) is 5.72. The van der Waals surface area contributed by atoms with E-state index in [9.17, 15) is 13.2 Å². The van der Waals surface area contributed by atoms with E-state index in [1.165, 1.54) is 16.4 Å². The highest BCUT2D eigenvalue weighted by atomic mass is 35.5. The Hall–Kier alpha value is -1.41. The van der Waals surface area contributed by atoms with Gasteiger partial charge in [0.05, 0.1) is 10.9 Å². The summed E-state index contributed by atoms with van der Waals surface area (Å²) in [5, 5.41) is 2.51. The van der Waals surface area contributed by atoms with Crippen LogP contribution in [0, 0.1) is 5.92 Å². The molecule has 1 saturated heterocycles. The molecule has 1 amide bonds. The van der Waals surface area contributed by atoms with E-state index in [2.05, 4.69) is 0 Å². The Labute approximate surface area is 169 Å². The molecular formula is C19H23ClN2O3S2. The van der Waals surface area contributed by atoms with E-state index in [0.29, 0.717) is 31.0 Å². The molecule has 1 atom stereocenters. The normalized spacial score (nSPS) is 17.6. The van der Waals surface area contributed by atoms with E-state index in [-0.39, 0.29) is 22.8 Å². The van der Waals surface area contributed by atoms with E-state index in [0.717, 1.165) is 4.88 Å². The van der Waals surface area contributed by atoms with Crippen LogP contribution in [0.15, 0.2) is 46.7 Å². The third kappa shape index (κ3) is 4.37. The Bertz CT molecular complexity index is 874. The van der Waals surface area contributed by atoms with Crippen LogP contribution in [-0.4, -0.2) is 43.7 Å². The molecular weight excluding hydrogens is 404 g/mol. The second-order valence-electron chi connectivity index (χ2n) is 6.77. The number of amides is 1. The number of carbonyl (C=O) groups is 1. The van der Waals surface area contributed by atoms with Crippen molar-refractivity contribution >= 4 is 38.9 Å². The van der Waals surface area contributed by atoms with Crippen molar-refractivity contribution in [2.24, 2.45) is 5.92 Å². The summed E-state index contributed by atoms with van der Waals surface area (Å²) >= 11 is 7.48. The zero-order valence-electron chi connectivity index (χ0n) is 15.3. The van der Waals surface area contributed by atoms with Crippen LogP contribution >= 0.6 is 22.9 Å². The van der Waals surface area contributed by atoms with Crippen LogP contribution in [0.4, 0.5) is 0 Å². The first-order valence-electron chi connectivity index (χ1n) is 8.86. The lowest BCUT2D eigenvalue weighted by Gasteiger charge is -2.34. The Morgan fingerprint density at radius 1 is 1.22 bits per heavy atom. The minimum absolute atomic E-state index is 0.0216. The summed E-state index contributed by atoms with van der Waals surface area (Å²) in [6.45, 7) is 2.72. The first-order chi connectivity index (χ1) is 12.8. The Balaban J connectivity index is 1.62. The molecule has 5 nitrogen and oxygen atoms in total. The van der Waals surface area contributed by atoms with Crippen molar-refractivity contribution in [3.63, 3.8) is 0 Å². The lowest BCUT2D eigenvalue weighted by Crippen LogP contribution is -2.43. The molecule has 27 heavy (non-hydrogen) atoms. The van der Waals surface area contributed by atoms with Gasteiger partial charge in [0.2, 0.25) is 15.9 Å². The van der Waals surface area contributed by atoms with Crippen molar-refractivity contribution in [1.29, 1.82) is 0 Å². The van der Waals surface area contributed by atoms with Crippen molar-refractivity contribution in [2.75, 3.05) is 20.1 Å². The van der Waals surface area contributed by atoms with Crippen LogP contribution < -0.4 is 0 Å². The van der Waals surface area contributed by atoms with Gasteiger partial charge in [-0.05, 0) is 55.5 Å². The predicted octanol–water partition coefficient (Wildman–Crippen LogP) is 4.02.